The molecule has 2 aromatic carbocycles. The molecule has 0 saturated carbocycles. The van der Waals surface area contributed by atoms with Crippen molar-refractivity contribution in [1.29, 1.82) is 0 Å². The fourth-order valence-corrected chi connectivity index (χ4v) is 3.19. The van der Waals surface area contributed by atoms with Gasteiger partial charge in [0.2, 0.25) is 5.95 Å². The molecule has 1 aliphatic rings. The van der Waals surface area contributed by atoms with Crippen LogP contribution in [-0.2, 0) is 17.7 Å². The van der Waals surface area contributed by atoms with Crippen LogP contribution in [0.25, 0.3) is 0 Å². The van der Waals surface area contributed by atoms with Gasteiger partial charge >= 0.3 is 5.97 Å². The first-order valence-electron chi connectivity index (χ1n) is 8.70. The van der Waals surface area contributed by atoms with E-state index in [9.17, 15) is 4.79 Å². The van der Waals surface area contributed by atoms with Crippen LogP contribution in [0.3, 0.4) is 0 Å². The molecule has 0 amide bonds. The number of nitrogens with one attached hydrogen (secondary N) is 1. The summed E-state index contributed by atoms with van der Waals surface area (Å²) >= 11 is 0. The molecule has 7 nitrogen and oxygen atoms in total. The standard InChI is InChI=1S/C20H19N5O2/c1-27-19(26)16-8-4-5-9-17(16)22-20-23-18(12-21-24-20)25-11-10-14-6-2-3-7-15(14)13-25/h2-9,12H,10-11,13H2,1H3,(H,22,23,24). The molecule has 0 spiro atoms. The van der Waals surface area contributed by atoms with Gasteiger partial charge in [-0.2, -0.15) is 10.1 Å². The third-order valence-electron chi connectivity index (χ3n) is 4.58. The highest BCUT2D eigenvalue weighted by Gasteiger charge is 2.18. The molecular formula is C20H19N5O2. The Morgan fingerprint density at radius 2 is 1.89 bits per heavy atom. The van der Waals surface area contributed by atoms with E-state index in [0.29, 0.717) is 17.2 Å². The van der Waals surface area contributed by atoms with Crippen LogP contribution in [0.4, 0.5) is 17.5 Å². The Bertz CT molecular complexity index is 976. The molecular weight excluding hydrogens is 342 g/mol. The van der Waals surface area contributed by atoms with E-state index in [1.807, 2.05) is 6.07 Å². The number of nitrogens with zero attached hydrogens (tertiary/aromatic N) is 4. The van der Waals surface area contributed by atoms with Crippen LogP contribution in [0.1, 0.15) is 21.5 Å². The molecule has 1 N–H and O–H groups in total. The maximum Gasteiger partial charge on any atom is 0.339 e. The van der Waals surface area contributed by atoms with Gasteiger partial charge in [0.1, 0.15) is 0 Å². The van der Waals surface area contributed by atoms with Crippen LogP contribution in [0, 0.1) is 0 Å². The molecule has 2 heterocycles. The van der Waals surface area contributed by atoms with Crippen molar-refractivity contribution < 1.29 is 9.53 Å². The number of benzene rings is 2. The van der Waals surface area contributed by atoms with Crippen molar-refractivity contribution in [2.45, 2.75) is 13.0 Å². The highest BCUT2D eigenvalue weighted by molar-refractivity contribution is 5.96. The third kappa shape index (κ3) is 3.57. The number of carbonyl (C=O) groups is 1. The first-order chi connectivity index (χ1) is 13.2. The van der Waals surface area contributed by atoms with Crippen LogP contribution in [0.15, 0.2) is 54.7 Å². The first kappa shape index (κ1) is 17.0. The van der Waals surface area contributed by atoms with E-state index in [1.54, 1.807) is 24.4 Å². The van der Waals surface area contributed by atoms with Crippen LogP contribution < -0.4 is 10.2 Å². The summed E-state index contributed by atoms with van der Waals surface area (Å²) in [6.45, 7) is 1.65. The number of hydrogen-bond acceptors (Lipinski definition) is 7. The molecule has 0 atom stereocenters. The summed E-state index contributed by atoms with van der Waals surface area (Å²) < 4.78 is 4.82. The second-order valence-electron chi connectivity index (χ2n) is 6.24. The molecule has 0 radical (unpaired) electrons. The van der Waals surface area contributed by atoms with Gasteiger partial charge in [-0.05, 0) is 29.7 Å². The van der Waals surface area contributed by atoms with Gasteiger partial charge in [-0.15, -0.1) is 5.10 Å². The largest absolute Gasteiger partial charge is 0.465 e. The number of rotatable bonds is 4. The summed E-state index contributed by atoms with van der Waals surface area (Å²) in [6.07, 6.45) is 2.62. The van der Waals surface area contributed by atoms with Crippen molar-refractivity contribution >= 4 is 23.4 Å². The van der Waals surface area contributed by atoms with E-state index in [4.69, 9.17) is 4.74 Å². The first-order valence-corrected chi connectivity index (χ1v) is 8.70. The van der Waals surface area contributed by atoms with Crippen LogP contribution in [0.5, 0.6) is 0 Å². The number of para-hydroxylation sites is 1. The molecule has 0 unspecified atom stereocenters. The number of esters is 1. The molecule has 4 rings (SSSR count). The third-order valence-corrected chi connectivity index (χ3v) is 4.58. The van der Waals surface area contributed by atoms with E-state index in [2.05, 4.69) is 49.7 Å². The maximum atomic E-state index is 11.9. The van der Waals surface area contributed by atoms with Gasteiger partial charge in [-0.3, -0.25) is 0 Å². The molecule has 1 aliphatic heterocycles. The Kier molecular flexibility index (Phi) is 4.65. The topological polar surface area (TPSA) is 80.2 Å². The van der Waals surface area contributed by atoms with E-state index < -0.39 is 5.97 Å². The smallest absolute Gasteiger partial charge is 0.339 e. The molecule has 7 heteroatoms. The lowest BCUT2D eigenvalue weighted by molar-refractivity contribution is 0.0602. The maximum absolute atomic E-state index is 11.9. The predicted octanol–water partition coefficient (Wildman–Crippen LogP) is 2.96. The molecule has 0 saturated heterocycles. The molecule has 136 valence electrons. The van der Waals surface area contributed by atoms with Crippen molar-refractivity contribution in [1.82, 2.24) is 15.2 Å². The average Bonchev–Trinajstić information content (AvgIpc) is 2.73. The van der Waals surface area contributed by atoms with Gasteiger partial charge in [-0.25, -0.2) is 4.79 Å². The van der Waals surface area contributed by atoms with E-state index in [-0.39, 0.29) is 0 Å². The highest BCUT2D eigenvalue weighted by atomic mass is 16.5. The fourth-order valence-electron chi connectivity index (χ4n) is 3.19. The SMILES string of the molecule is COC(=O)c1ccccc1Nc1nncc(N2CCc3ccccc3C2)n1. The summed E-state index contributed by atoms with van der Waals surface area (Å²) in [4.78, 5) is 18.7. The number of hydrogen-bond donors (Lipinski definition) is 1. The van der Waals surface area contributed by atoms with E-state index in [1.165, 1.54) is 18.2 Å². The van der Waals surface area contributed by atoms with E-state index >= 15 is 0 Å². The van der Waals surface area contributed by atoms with Crippen molar-refractivity contribution in [2.24, 2.45) is 0 Å². The minimum atomic E-state index is -0.421. The summed E-state index contributed by atoms with van der Waals surface area (Å²) in [7, 11) is 1.35. The van der Waals surface area contributed by atoms with Crippen molar-refractivity contribution in [2.75, 3.05) is 23.9 Å². The number of fused-ring (bicyclic) bond motifs is 1. The second kappa shape index (κ2) is 7.41. The minimum Gasteiger partial charge on any atom is -0.465 e. The zero-order valence-electron chi connectivity index (χ0n) is 14.9. The Morgan fingerprint density at radius 1 is 1.11 bits per heavy atom. The minimum absolute atomic E-state index is 0.336. The lowest BCUT2D eigenvalue weighted by Crippen LogP contribution is -2.31. The van der Waals surface area contributed by atoms with Crippen LogP contribution in [0.2, 0.25) is 0 Å². The molecule has 1 aromatic heterocycles. The normalized spacial score (nSPS) is 13.0. The van der Waals surface area contributed by atoms with Crippen molar-refractivity contribution in [3.8, 4) is 0 Å². The van der Waals surface area contributed by atoms with Crippen molar-refractivity contribution in [3.63, 3.8) is 0 Å². The Morgan fingerprint density at radius 3 is 2.74 bits per heavy atom. The second-order valence-corrected chi connectivity index (χ2v) is 6.24. The molecule has 0 aliphatic carbocycles. The van der Waals surface area contributed by atoms with Crippen LogP contribution >= 0.6 is 0 Å². The average molecular weight is 361 g/mol. The number of anilines is 3. The fraction of sp³-hybridized carbons (Fsp3) is 0.200. The van der Waals surface area contributed by atoms with Crippen molar-refractivity contribution in [3.05, 3.63) is 71.4 Å². The van der Waals surface area contributed by atoms with Gasteiger partial charge in [0.25, 0.3) is 0 Å². The Hall–Kier alpha value is -3.48. The summed E-state index contributed by atoms with van der Waals surface area (Å²) in [5.74, 6) is 0.662. The van der Waals surface area contributed by atoms with Gasteiger partial charge in [-0.1, -0.05) is 36.4 Å². The molecule has 3 aromatic rings. The summed E-state index contributed by atoms with van der Waals surface area (Å²) in [5, 5.41) is 11.2. The van der Waals surface area contributed by atoms with Gasteiger partial charge in [0.15, 0.2) is 5.82 Å². The van der Waals surface area contributed by atoms with E-state index in [0.717, 1.165) is 25.3 Å². The number of aromatic nitrogens is 3. The zero-order valence-corrected chi connectivity index (χ0v) is 14.9. The molecule has 0 fully saturated rings. The Labute approximate surface area is 157 Å². The summed E-state index contributed by atoms with van der Waals surface area (Å²) in [6, 6.07) is 15.5. The quantitative estimate of drug-likeness (QED) is 0.716. The molecule has 27 heavy (non-hydrogen) atoms. The Balaban J connectivity index is 1.57. The highest BCUT2D eigenvalue weighted by Crippen LogP contribution is 2.24. The molecule has 0 bridgehead atoms. The summed E-state index contributed by atoms with van der Waals surface area (Å²) in [5.41, 5.74) is 3.67. The van der Waals surface area contributed by atoms with Crippen LogP contribution in [-0.4, -0.2) is 34.8 Å². The van der Waals surface area contributed by atoms with Gasteiger partial charge in [0.05, 0.1) is 24.6 Å². The monoisotopic (exact) mass is 361 g/mol. The van der Waals surface area contributed by atoms with Gasteiger partial charge in [0, 0.05) is 13.1 Å². The lowest BCUT2D eigenvalue weighted by Gasteiger charge is -2.29. The zero-order chi connectivity index (χ0) is 18.6. The lowest BCUT2D eigenvalue weighted by atomic mass is 10.0. The number of methoxy groups -OCH3 is 1. The van der Waals surface area contributed by atoms with Gasteiger partial charge < -0.3 is 15.0 Å². The number of carbonyl (C=O) groups excluding carboxylic acids is 1. The number of ether oxygens (including phenoxy) is 1. The predicted molar refractivity (Wildman–Crippen MR) is 102 cm³/mol.